The summed E-state index contributed by atoms with van der Waals surface area (Å²) in [7, 11) is 1.74. The van der Waals surface area contributed by atoms with Gasteiger partial charge in [0.2, 0.25) is 0 Å². The van der Waals surface area contributed by atoms with E-state index in [1.807, 2.05) is 24.3 Å². The van der Waals surface area contributed by atoms with E-state index in [1.165, 1.54) is 0 Å². The summed E-state index contributed by atoms with van der Waals surface area (Å²) in [4.78, 5) is 0. The van der Waals surface area contributed by atoms with Crippen LogP contribution in [0.25, 0.3) is 0 Å². The van der Waals surface area contributed by atoms with Crippen molar-refractivity contribution in [2.75, 3.05) is 33.4 Å². The smallest absolute Gasteiger partial charge is 0.120 e. The number of benzene rings is 1. The van der Waals surface area contributed by atoms with Gasteiger partial charge in [0, 0.05) is 24.4 Å². The maximum absolute atomic E-state index is 5.64. The molecule has 0 bridgehead atoms. The van der Waals surface area contributed by atoms with Crippen molar-refractivity contribution in [3.63, 3.8) is 0 Å². The molecule has 0 saturated carbocycles. The predicted octanol–water partition coefficient (Wildman–Crippen LogP) is 1.82. The molecule has 0 aliphatic carbocycles. The van der Waals surface area contributed by atoms with E-state index in [4.69, 9.17) is 9.47 Å². The number of halogens is 1. The largest absolute Gasteiger partial charge is 0.493 e. The minimum atomic E-state index is 0.775. The summed E-state index contributed by atoms with van der Waals surface area (Å²) in [5.74, 6) is 0.929. The van der Waals surface area contributed by atoms with Gasteiger partial charge in [0.15, 0.2) is 0 Å². The molecular weight excluding hydrogens is 282 g/mol. The fourth-order valence-electron chi connectivity index (χ4n) is 1.49. The molecule has 0 radical (unpaired) electrons. The van der Waals surface area contributed by atoms with Crippen LogP contribution in [0, 0.1) is 0 Å². The molecule has 0 aliphatic heterocycles. The van der Waals surface area contributed by atoms with Crippen molar-refractivity contribution in [2.45, 2.75) is 12.8 Å². The SMILES string of the molecule is COCCC[NH2+]CCCOc1cccc(Br)c1. The van der Waals surface area contributed by atoms with E-state index in [0.717, 1.165) is 49.4 Å². The zero-order chi connectivity index (χ0) is 12.3. The minimum absolute atomic E-state index is 0.775. The number of quaternary nitrogens is 1. The van der Waals surface area contributed by atoms with Crippen LogP contribution in [0.15, 0.2) is 28.7 Å². The van der Waals surface area contributed by atoms with Gasteiger partial charge in [0.25, 0.3) is 0 Å². The van der Waals surface area contributed by atoms with Gasteiger partial charge >= 0.3 is 0 Å². The molecule has 0 heterocycles. The number of rotatable bonds is 9. The number of methoxy groups -OCH3 is 1. The quantitative estimate of drug-likeness (QED) is 0.706. The van der Waals surface area contributed by atoms with Crippen LogP contribution in [0.1, 0.15) is 12.8 Å². The standard InChI is InChI=1S/C13H20BrNO2/c1-16-9-3-7-15-8-4-10-17-13-6-2-5-12(14)11-13/h2,5-6,11,15H,3-4,7-10H2,1H3/p+1. The maximum atomic E-state index is 5.64. The molecule has 1 aromatic carbocycles. The van der Waals surface area contributed by atoms with Crippen LogP contribution >= 0.6 is 15.9 Å². The van der Waals surface area contributed by atoms with Crippen molar-refractivity contribution >= 4 is 15.9 Å². The summed E-state index contributed by atoms with van der Waals surface area (Å²) < 4.78 is 11.7. The lowest BCUT2D eigenvalue weighted by Gasteiger charge is -2.06. The lowest BCUT2D eigenvalue weighted by molar-refractivity contribution is -0.655. The van der Waals surface area contributed by atoms with Crippen LogP contribution in [-0.2, 0) is 4.74 Å². The van der Waals surface area contributed by atoms with Gasteiger partial charge in [0.1, 0.15) is 5.75 Å². The third kappa shape index (κ3) is 7.36. The van der Waals surface area contributed by atoms with Gasteiger partial charge in [-0.25, -0.2) is 0 Å². The fourth-order valence-corrected chi connectivity index (χ4v) is 1.87. The molecule has 96 valence electrons. The van der Waals surface area contributed by atoms with Crippen LogP contribution in [0.4, 0.5) is 0 Å². The van der Waals surface area contributed by atoms with Gasteiger partial charge in [-0.05, 0) is 18.2 Å². The molecule has 0 aliphatic rings. The Bertz CT molecular complexity index is 307. The minimum Gasteiger partial charge on any atom is -0.493 e. The topological polar surface area (TPSA) is 35.1 Å². The lowest BCUT2D eigenvalue weighted by Crippen LogP contribution is -2.84. The van der Waals surface area contributed by atoms with Crippen molar-refractivity contribution in [3.8, 4) is 5.75 Å². The van der Waals surface area contributed by atoms with E-state index in [9.17, 15) is 0 Å². The molecule has 1 rings (SSSR count). The predicted molar refractivity (Wildman–Crippen MR) is 72.4 cm³/mol. The highest BCUT2D eigenvalue weighted by Gasteiger charge is 1.96. The molecule has 0 spiro atoms. The zero-order valence-corrected chi connectivity index (χ0v) is 11.9. The molecule has 0 saturated heterocycles. The highest BCUT2D eigenvalue weighted by molar-refractivity contribution is 9.10. The monoisotopic (exact) mass is 302 g/mol. The normalized spacial score (nSPS) is 10.5. The highest BCUT2D eigenvalue weighted by Crippen LogP contribution is 2.17. The number of hydrogen-bond acceptors (Lipinski definition) is 2. The Labute approximate surface area is 112 Å². The molecule has 0 unspecified atom stereocenters. The summed E-state index contributed by atoms with van der Waals surface area (Å²) in [5.41, 5.74) is 0. The van der Waals surface area contributed by atoms with Crippen molar-refractivity contribution in [3.05, 3.63) is 28.7 Å². The van der Waals surface area contributed by atoms with E-state index in [0.29, 0.717) is 0 Å². The van der Waals surface area contributed by atoms with Gasteiger partial charge in [0.05, 0.1) is 26.3 Å². The summed E-state index contributed by atoms with van der Waals surface area (Å²) in [5, 5.41) is 2.31. The lowest BCUT2D eigenvalue weighted by atomic mass is 10.3. The van der Waals surface area contributed by atoms with Crippen molar-refractivity contribution in [1.29, 1.82) is 0 Å². The van der Waals surface area contributed by atoms with Gasteiger partial charge in [-0.15, -0.1) is 0 Å². The molecule has 2 N–H and O–H groups in total. The van der Waals surface area contributed by atoms with E-state index in [2.05, 4.69) is 21.2 Å². The number of nitrogens with two attached hydrogens (primary N) is 1. The maximum Gasteiger partial charge on any atom is 0.120 e. The fraction of sp³-hybridized carbons (Fsp3) is 0.538. The van der Waals surface area contributed by atoms with Crippen molar-refractivity contribution in [2.24, 2.45) is 0 Å². The first-order valence-corrected chi connectivity index (χ1v) is 6.81. The molecule has 17 heavy (non-hydrogen) atoms. The molecule has 0 atom stereocenters. The Morgan fingerprint density at radius 1 is 1.18 bits per heavy atom. The van der Waals surface area contributed by atoms with E-state index >= 15 is 0 Å². The average molecular weight is 303 g/mol. The van der Waals surface area contributed by atoms with Gasteiger partial charge in [-0.3, -0.25) is 0 Å². The summed E-state index contributed by atoms with van der Waals surface area (Å²) in [6.45, 7) is 3.87. The second-order valence-electron chi connectivity index (χ2n) is 3.87. The second kappa shape index (κ2) is 9.45. The van der Waals surface area contributed by atoms with Crippen LogP contribution < -0.4 is 10.1 Å². The summed E-state index contributed by atoms with van der Waals surface area (Å²) in [6.07, 6.45) is 2.18. The molecular formula is C13H21BrNO2+. The number of ether oxygens (including phenoxy) is 2. The molecule has 3 nitrogen and oxygen atoms in total. The van der Waals surface area contributed by atoms with Gasteiger partial charge in [-0.2, -0.15) is 0 Å². The van der Waals surface area contributed by atoms with E-state index in [1.54, 1.807) is 7.11 Å². The van der Waals surface area contributed by atoms with Crippen LogP contribution in [0.3, 0.4) is 0 Å². The average Bonchev–Trinajstić information content (AvgIpc) is 2.33. The number of hydrogen-bond donors (Lipinski definition) is 1. The summed E-state index contributed by atoms with van der Waals surface area (Å²) in [6, 6.07) is 7.95. The van der Waals surface area contributed by atoms with E-state index < -0.39 is 0 Å². The summed E-state index contributed by atoms with van der Waals surface area (Å²) >= 11 is 3.42. The molecule has 0 aromatic heterocycles. The van der Waals surface area contributed by atoms with Crippen LogP contribution in [0.5, 0.6) is 5.75 Å². The molecule has 1 aromatic rings. The van der Waals surface area contributed by atoms with Crippen LogP contribution in [-0.4, -0.2) is 33.4 Å². The third-order valence-corrected chi connectivity index (χ3v) is 2.87. The Morgan fingerprint density at radius 3 is 2.65 bits per heavy atom. The van der Waals surface area contributed by atoms with E-state index in [-0.39, 0.29) is 0 Å². The van der Waals surface area contributed by atoms with Gasteiger partial charge in [-0.1, -0.05) is 22.0 Å². The van der Waals surface area contributed by atoms with Gasteiger partial charge < -0.3 is 14.8 Å². The first kappa shape index (κ1) is 14.5. The Hall–Kier alpha value is -0.580. The molecule has 4 heteroatoms. The van der Waals surface area contributed by atoms with Crippen molar-refractivity contribution < 1.29 is 14.8 Å². The first-order valence-electron chi connectivity index (χ1n) is 6.02. The second-order valence-corrected chi connectivity index (χ2v) is 4.79. The Kier molecular flexibility index (Phi) is 8.05. The third-order valence-electron chi connectivity index (χ3n) is 2.37. The molecule has 0 fully saturated rings. The molecule has 0 amide bonds. The first-order chi connectivity index (χ1) is 8.33. The highest BCUT2D eigenvalue weighted by atomic mass is 79.9. The van der Waals surface area contributed by atoms with Crippen molar-refractivity contribution in [1.82, 2.24) is 0 Å². The van der Waals surface area contributed by atoms with Crippen LogP contribution in [0.2, 0.25) is 0 Å². The Balaban J connectivity index is 1.97. The Morgan fingerprint density at radius 2 is 1.94 bits per heavy atom. The zero-order valence-electron chi connectivity index (χ0n) is 10.3.